The first-order valence-electron chi connectivity index (χ1n) is 51.6. The number of aliphatic hydroxyl groups is 1. The number of alkyl halides is 3. The number of oxime groups is 1. The zero-order valence-electron chi connectivity index (χ0n) is 93.0. The normalized spacial score (nSPS) is 17.4. The third kappa shape index (κ3) is 44.5. The third-order valence-electron chi connectivity index (χ3n) is 25.5. The number of esters is 3. The van der Waals surface area contributed by atoms with E-state index in [4.69, 9.17) is 63.6 Å². The fourth-order valence-electron chi connectivity index (χ4n) is 19.4. The number of hydrogen-bond donors (Lipinski definition) is 1. The molecule has 0 heterocycles. The average Bonchev–Trinajstić information content (AvgIpc) is 0.747. The summed E-state index contributed by atoms with van der Waals surface area (Å²) in [7, 11) is -2.56. The fraction of sp³-hybridized carbons (Fsp3) is 0.600. The molecular formula is C120H177Cl4FINO12Si3. The molecule has 3 atom stereocenters. The number of carbonyl (C=O) groups excluding carboxylic acids is 5. The molecule has 1 N–H and O–H groups in total. The van der Waals surface area contributed by atoms with Gasteiger partial charge in [0.25, 0.3) is 16.6 Å². The van der Waals surface area contributed by atoms with Gasteiger partial charge in [0, 0.05) is 76.8 Å². The van der Waals surface area contributed by atoms with E-state index in [1.807, 2.05) is 100 Å². The molecule has 3 fully saturated rings. The van der Waals surface area contributed by atoms with Crippen LogP contribution in [-0.2, 0) is 51.9 Å². The molecule has 788 valence electrons. The first-order valence-corrected chi connectivity index (χ1v) is 61.5. The Morgan fingerprint density at radius 3 is 0.866 bits per heavy atom. The number of Topliss-reactive ketones (excluding diaryl/α,β-unsaturated/α-hetero) is 2. The Balaban J connectivity index is 0.000000500. The van der Waals surface area contributed by atoms with Crippen molar-refractivity contribution in [3.05, 3.63) is 182 Å². The van der Waals surface area contributed by atoms with E-state index >= 15 is 0 Å². The van der Waals surface area contributed by atoms with Gasteiger partial charge in [0.15, 0.2) is 0 Å². The summed E-state index contributed by atoms with van der Waals surface area (Å²) in [4.78, 5) is 70.1. The van der Waals surface area contributed by atoms with Crippen LogP contribution < -0.4 is 31.1 Å². The zero-order chi connectivity index (χ0) is 108. The van der Waals surface area contributed by atoms with Gasteiger partial charge in [-0.2, -0.15) is 11.1 Å². The average molecular weight is 2200 g/mol. The zero-order valence-corrected chi connectivity index (χ0v) is 100. The Morgan fingerprint density at radius 2 is 0.641 bits per heavy atom. The highest BCUT2D eigenvalue weighted by Crippen LogP contribution is 2.45. The van der Waals surface area contributed by atoms with Crippen molar-refractivity contribution in [2.75, 3.05) is 39.4 Å². The van der Waals surface area contributed by atoms with Gasteiger partial charge in [-0.1, -0.05) is 350 Å². The summed E-state index contributed by atoms with van der Waals surface area (Å²) < 4.78 is 46.9. The Kier molecular flexibility index (Phi) is 54.3. The predicted molar refractivity (Wildman–Crippen MR) is 613 cm³/mol. The minimum atomic E-state index is -2.75. The van der Waals surface area contributed by atoms with E-state index in [1.54, 1.807) is 28.6 Å². The summed E-state index contributed by atoms with van der Waals surface area (Å²) in [6.07, 6.45) is 11.9. The lowest BCUT2D eigenvalue weighted by Gasteiger charge is -2.45. The highest BCUT2D eigenvalue weighted by Gasteiger charge is 2.54. The maximum Gasteiger partial charge on any atom is 0.307 e. The molecular weight excluding hydrogens is 2020 g/mol. The highest BCUT2D eigenvalue weighted by molar-refractivity contribution is 14.1. The molecule has 22 heteroatoms. The van der Waals surface area contributed by atoms with Crippen LogP contribution in [0.3, 0.4) is 0 Å². The summed E-state index contributed by atoms with van der Waals surface area (Å²) in [6.45, 7) is 64.0. The van der Waals surface area contributed by atoms with Crippen LogP contribution >= 0.6 is 64.7 Å². The van der Waals surface area contributed by atoms with E-state index in [0.29, 0.717) is 73.7 Å². The Labute approximate surface area is 895 Å². The van der Waals surface area contributed by atoms with Crippen molar-refractivity contribution in [1.29, 1.82) is 0 Å². The third-order valence-corrected chi connectivity index (χ3v) is 42.8. The number of ether oxygens (including phenoxy) is 3. The van der Waals surface area contributed by atoms with Crippen molar-refractivity contribution in [2.45, 2.75) is 336 Å². The second-order valence-electron chi connectivity index (χ2n) is 48.6. The van der Waals surface area contributed by atoms with Crippen LogP contribution in [0.25, 0.3) is 0 Å². The minimum Gasteiger partial charge on any atom is -0.460 e. The smallest absolute Gasteiger partial charge is 0.307 e. The lowest BCUT2D eigenvalue weighted by atomic mass is 9.71. The van der Waals surface area contributed by atoms with Gasteiger partial charge in [-0.15, -0.1) is 23.2 Å². The van der Waals surface area contributed by atoms with E-state index < -0.39 is 76.6 Å². The van der Waals surface area contributed by atoms with Crippen LogP contribution in [0.4, 0.5) is 4.39 Å². The summed E-state index contributed by atoms with van der Waals surface area (Å²) in [5.41, 5.74) is -2.31. The van der Waals surface area contributed by atoms with Crippen LogP contribution in [-0.4, -0.2) is 121 Å². The topological polar surface area (TPSA) is 173 Å². The number of aliphatic hydroxyl groups excluding tert-OH is 1. The van der Waals surface area contributed by atoms with Gasteiger partial charge in [-0.05, 0) is 264 Å². The molecule has 0 radical (unpaired) electrons. The maximum atomic E-state index is 13.6. The molecule has 6 aromatic rings. The van der Waals surface area contributed by atoms with Crippen molar-refractivity contribution < 1.29 is 62.7 Å². The first kappa shape index (κ1) is 128. The van der Waals surface area contributed by atoms with E-state index in [-0.39, 0.29) is 87.1 Å². The van der Waals surface area contributed by atoms with Crippen molar-refractivity contribution in [2.24, 2.45) is 92.4 Å². The van der Waals surface area contributed by atoms with Gasteiger partial charge < -0.3 is 33.0 Å². The molecule has 3 aliphatic rings. The molecule has 3 saturated carbocycles. The van der Waals surface area contributed by atoms with Gasteiger partial charge in [0.05, 0.1) is 33.1 Å². The molecule has 6 aromatic carbocycles. The standard InChI is InChI=1S/C40H59NO4Si.C39H56O4Si.C23H38O4.C16H19ClSi.CH2Cl2.CH3F.ClI/c1-30(2)24-32-25-31(26-32)22-23-36(41-43-11)33(27-37(42)45-38(3,4)5)28-40(9,10)29-44-46(39(6,7)8,34-18-14-12-15-19-34)35-20-16-13-17-21-35;1-29(2)23-31-24-30(25-31)21-22-35(40)32(26-36(41)43-37(3,4)5)27-39(9,10)28-42-44(38(6,7)8,33-17-13-11-14-18-33)34-19-15-12-16-20-34;1-16(2)10-18-11-17(12-18)8-9-20(25)19(14-23(6,7)15-24)13-21(26)27-22(3,4)5;1-16(2,3)18(17,14-10-6-4-7-11-14)15-12-8-5-9-13-15;2-1-3;2*1-2/h12-21,30-33H,24-29H2,1-11H3;11-20,29-32H,23-28H2,1-10H3;16-19,24H,10-15H2,1-7H3;4-13H,1-3H3;1H2;1H3;/b41-36+;;;;;;/i;;;;;1D;. The monoisotopic (exact) mass is 2200 g/mol. The highest BCUT2D eigenvalue weighted by atomic mass is 127. The summed E-state index contributed by atoms with van der Waals surface area (Å²) in [6, 6.07) is 63.7. The lowest BCUT2D eigenvalue weighted by molar-refractivity contribution is -0.158. The number of rotatable bonds is 35. The molecule has 3 unspecified atom stereocenters. The molecule has 0 bridgehead atoms. The second kappa shape index (κ2) is 60.3. The molecule has 0 saturated heterocycles. The van der Waals surface area contributed by atoms with Crippen LogP contribution in [0.5, 0.6) is 0 Å². The Bertz CT molecular complexity index is 4840. The van der Waals surface area contributed by atoms with Crippen molar-refractivity contribution in [3.63, 3.8) is 0 Å². The molecule has 0 aromatic heterocycles. The fourth-order valence-corrected chi connectivity index (χ4v) is 33.0. The molecule has 3 aliphatic carbocycles. The predicted octanol–water partition coefficient (Wildman–Crippen LogP) is 28.1. The van der Waals surface area contributed by atoms with E-state index in [2.05, 4.69) is 339 Å². The van der Waals surface area contributed by atoms with Crippen molar-refractivity contribution in [3.8, 4) is 35.5 Å². The number of hydrogen-bond acceptors (Lipinski definition) is 13. The van der Waals surface area contributed by atoms with Gasteiger partial charge >= 0.3 is 17.9 Å². The number of ketones is 2. The molecule has 142 heavy (non-hydrogen) atoms. The molecule has 9 rings (SSSR count). The molecule has 13 nitrogen and oxygen atoms in total. The summed E-state index contributed by atoms with van der Waals surface area (Å²) in [5, 5.41) is 21.4. The van der Waals surface area contributed by atoms with Crippen LogP contribution in [0, 0.1) is 123 Å². The van der Waals surface area contributed by atoms with E-state index in [1.165, 1.54) is 50.4 Å². The number of carbonyl (C=O) groups is 5. The summed E-state index contributed by atoms with van der Waals surface area (Å²) >= 11 is 18.4. The Morgan fingerprint density at radius 1 is 0.408 bits per heavy atom. The maximum absolute atomic E-state index is 13.6. The van der Waals surface area contributed by atoms with Gasteiger partial charge in [-0.3, -0.25) is 28.4 Å². The quantitative estimate of drug-likeness (QED) is 0.00382. The van der Waals surface area contributed by atoms with Crippen LogP contribution in [0.2, 0.25) is 15.1 Å². The van der Waals surface area contributed by atoms with Crippen molar-refractivity contribution in [1.82, 2.24) is 0 Å². The lowest BCUT2D eigenvalue weighted by Crippen LogP contribution is -2.67. The number of nitrogens with zero attached hydrogens (tertiary/aromatic N) is 1. The van der Waals surface area contributed by atoms with E-state index in [9.17, 15) is 33.5 Å². The summed E-state index contributed by atoms with van der Waals surface area (Å²) in [5.74, 6) is 21.4. The largest absolute Gasteiger partial charge is 0.460 e. The van der Waals surface area contributed by atoms with Crippen LogP contribution in [0.1, 0.15) is 305 Å². The number of halogens is 6. The van der Waals surface area contributed by atoms with Gasteiger partial charge in [0.2, 0.25) is 19.0 Å². The SMILES string of the molecule is CC(C)(C)[Si](Cl)(c1ccccc1)c1ccccc1.CC(C)CC1CC(C#CC(=O)C(CC(=O)OC(C)(C)C)CC(C)(C)CO)C1.CC(C)CC1CC(C#CC(=O)C(CC(=O)OC(C)(C)C)CC(C)(C)CO[Si](c2ccccc2)(c2ccccc2)C(C)(C)C)C1.CO/N=C(\C#CC1CC(CC(C)C)C1)C(CC(=O)OC(C)(C)C)CC(C)(C)CO[Si](c1ccccc1)(c1ccccc1)C(C)(C)C.ClCCl.ClI.[2H]CF. The first-order chi connectivity index (χ1) is 66.5. The molecule has 0 aliphatic heterocycles. The van der Waals surface area contributed by atoms with Gasteiger partial charge in [-0.25, -0.2) is 0 Å². The van der Waals surface area contributed by atoms with E-state index in [0.717, 1.165) is 50.4 Å². The number of benzene rings is 6. The van der Waals surface area contributed by atoms with Crippen molar-refractivity contribution >= 4 is 155 Å². The van der Waals surface area contributed by atoms with Gasteiger partial charge in [0.1, 0.15) is 29.6 Å². The molecule has 0 amide bonds. The Hall–Kier alpha value is -6.43. The minimum absolute atomic E-state index is 0.00878. The second-order valence-corrected chi connectivity index (χ2v) is 63.7. The molecule has 0 spiro atoms. The van der Waals surface area contributed by atoms with Crippen LogP contribution in [0.15, 0.2) is 187 Å².